The van der Waals surface area contributed by atoms with Crippen molar-refractivity contribution < 1.29 is 9.53 Å². The van der Waals surface area contributed by atoms with Gasteiger partial charge in [-0.25, -0.2) is 0 Å². The van der Waals surface area contributed by atoms with Crippen LogP contribution in [0, 0.1) is 6.92 Å². The first-order valence-corrected chi connectivity index (χ1v) is 9.60. The first-order chi connectivity index (χ1) is 12.1. The second kappa shape index (κ2) is 6.83. The van der Waals surface area contributed by atoms with Crippen molar-refractivity contribution in [3.63, 3.8) is 0 Å². The molecule has 0 unspecified atom stereocenters. The van der Waals surface area contributed by atoms with Gasteiger partial charge in [-0.15, -0.1) is 0 Å². The average Bonchev–Trinajstić information content (AvgIpc) is 2.96. The van der Waals surface area contributed by atoms with Gasteiger partial charge in [0.25, 0.3) is 0 Å². The molecule has 2 aliphatic rings. The summed E-state index contributed by atoms with van der Waals surface area (Å²) >= 11 is 0. The Morgan fingerprint density at radius 2 is 2.12 bits per heavy atom. The van der Waals surface area contributed by atoms with Gasteiger partial charge in [0.2, 0.25) is 5.91 Å². The molecule has 2 fully saturated rings. The van der Waals surface area contributed by atoms with Crippen molar-refractivity contribution in [1.29, 1.82) is 0 Å². The molecule has 1 aliphatic carbocycles. The van der Waals surface area contributed by atoms with Gasteiger partial charge in [0.05, 0.1) is 18.8 Å². The van der Waals surface area contributed by atoms with E-state index in [1.54, 1.807) is 0 Å². The summed E-state index contributed by atoms with van der Waals surface area (Å²) in [4.78, 5) is 15.0. The lowest BCUT2D eigenvalue weighted by molar-refractivity contribution is -0.149. The van der Waals surface area contributed by atoms with Gasteiger partial charge < -0.3 is 14.2 Å². The molecule has 2 atom stereocenters. The minimum absolute atomic E-state index is 0.270. The number of aromatic nitrogens is 1. The highest BCUT2D eigenvalue weighted by molar-refractivity contribution is 5.88. The van der Waals surface area contributed by atoms with Gasteiger partial charge in [-0.05, 0) is 43.4 Å². The molecule has 4 rings (SSSR count). The van der Waals surface area contributed by atoms with E-state index in [1.807, 2.05) is 0 Å². The molecule has 1 aliphatic heterocycles. The summed E-state index contributed by atoms with van der Waals surface area (Å²) in [6.07, 6.45) is 8.53. The maximum Gasteiger partial charge on any atom is 0.223 e. The molecular formula is C21H28N2O2. The molecule has 1 amide bonds. The Kier molecular flexibility index (Phi) is 4.55. The number of benzene rings is 1. The highest BCUT2D eigenvalue weighted by Crippen LogP contribution is 2.30. The molecule has 134 valence electrons. The molecule has 2 heterocycles. The van der Waals surface area contributed by atoms with Crippen molar-refractivity contribution in [3.8, 4) is 0 Å². The van der Waals surface area contributed by atoms with Crippen LogP contribution >= 0.6 is 0 Å². The lowest BCUT2D eigenvalue weighted by atomic mass is 9.90. The molecule has 0 spiro atoms. The molecule has 0 N–H and O–H groups in total. The second-order valence-electron chi connectivity index (χ2n) is 7.58. The van der Waals surface area contributed by atoms with Crippen LogP contribution in [0.25, 0.3) is 10.9 Å². The van der Waals surface area contributed by atoms with Gasteiger partial charge in [-0.2, -0.15) is 0 Å². The molecule has 0 bridgehead atoms. The topological polar surface area (TPSA) is 34.5 Å². The fourth-order valence-electron chi connectivity index (χ4n) is 4.71. The summed E-state index contributed by atoms with van der Waals surface area (Å²) in [6, 6.07) is 6.72. The van der Waals surface area contributed by atoms with Crippen LogP contribution in [0.2, 0.25) is 0 Å². The number of fused-ring (bicyclic) bond motifs is 2. The van der Waals surface area contributed by atoms with E-state index in [0.29, 0.717) is 25.0 Å². The van der Waals surface area contributed by atoms with Gasteiger partial charge in [-0.3, -0.25) is 4.79 Å². The smallest absolute Gasteiger partial charge is 0.223 e. The van der Waals surface area contributed by atoms with Crippen LogP contribution in [0.3, 0.4) is 0 Å². The van der Waals surface area contributed by atoms with E-state index in [2.05, 4.69) is 47.8 Å². The lowest BCUT2D eigenvalue weighted by Crippen LogP contribution is -2.54. The quantitative estimate of drug-likeness (QED) is 0.856. The van der Waals surface area contributed by atoms with Crippen LogP contribution in [0.5, 0.6) is 0 Å². The normalized spacial score (nSPS) is 23.7. The number of hydrogen-bond acceptors (Lipinski definition) is 2. The van der Waals surface area contributed by atoms with Crippen molar-refractivity contribution in [2.45, 2.75) is 57.6 Å². The summed E-state index contributed by atoms with van der Waals surface area (Å²) in [5.41, 5.74) is 3.83. The largest absolute Gasteiger partial charge is 0.374 e. The van der Waals surface area contributed by atoms with Crippen molar-refractivity contribution in [3.05, 3.63) is 35.5 Å². The monoisotopic (exact) mass is 340 g/mol. The fourth-order valence-corrected chi connectivity index (χ4v) is 4.71. The molecule has 25 heavy (non-hydrogen) atoms. The first-order valence-electron chi connectivity index (χ1n) is 9.60. The minimum atomic E-state index is 0.270. The number of ether oxygens (including phenoxy) is 1. The summed E-state index contributed by atoms with van der Waals surface area (Å²) in [5.74, 6) is 0.297. The second-order valence-corrected chi connectivity index (χ2v) is 7.58. The van der Waals surface area contributed by atoms with Crippen LogP contribution < -0.4 is 0 Å². The van der Waals surface area contributed by atoms with Gasteiger partial charge in [0.1, 0.15) is 0 Å². The average molecular weight is 340 g/mol. The summed E-state index contributed by atoms with van der Waals surface area (Å²) in [6.45, 7) is 3.61. The zero-order chi connectivity index (χ0) is 17.4. The number of nitrogens with zero attached hydrogens (tertiary/aromatic N) is 2. The third-order valence-electron chi connectivity index (χ3n) is 5.96. The molecule has 2 aromatic rings. The molecule has 1 saturated carbocycles. The first kappa shape index (κ1) is 16.6. The zero-order valence-corrected chi connectivity index (χ0v) is 15.3. The molecule has 4 nitrogen and oxygen atoms in total. The predicted molar refractivity (Wildman–Crippen MR) is 99.7 cm³/mol. The number of amides is 1. The summed E-state index contributed by atoms with van der Waals surface area (Å²) in [7, 11) is 2.09. The molecule has 0 radical (unpaired) electrons. The van der Waals surface area contributed by atoms with Crippen LogP contribution in [-0.2, 0) is 23.0 Å². The molecular weight excluding hydrogens is 312 g/mol. The summed E-state index contributed by atoms with van der Waals surface area (Å²) in [5, 5.41) is 1.32. The van der Waals surface area contributed by atoms with E-state index in [-0.39, 0.29) is 6.10 Å². The van der Waals surface area contributed by atoms with E-state index in [0.717, 1.165) is 25.8 Å². The molecule has 1 aromatic heterocycles. The number of hydrogen-bond donors (Lipinski definition) is 0. The SMILES string of the molecule is Cc1cccc2c1c(CCC(=O)N1CCO[C@@H]3CCCC[C@@H]31)cn2C. The Morgan fingerprint density at radius 1 is 1.28 bits per heavy atom. The minimum Gasteiger partial charge on any atom is -0.374 e. The van der Waals surface area contributed by atoms with E-state index >= 15 is 0 Å². The van der Waals surface area contributed by atoms with E-state index in [9.17, 15) is 4.79 Å². The Balaban J connectivity index is 1.49. The number of aryl methyl sites for hydroxylation is 3. The van der Waals surface area contributed by atoms with Crippen molar-refractivity contribution in [2.24, 2.45) is 7.05 Å². The number of carbonyl (C=O) groups is 1. The number of carbonyl (C=O) groups excluding carboxylic acids is 1. The van der Waals surface area contributed by atoms with E-state index < -0.39 is 0 Å². The van der Waals surface area contributed by atoms with Crippen LogP contribution in [-0.4, -0.2) is 40.7 Å². The predicted octanol–water partition coefficient (Wildman–Crippen LogP) is 3.59. The van der Waals surface area contributed by atoms with Gasteiger partial charge in [-0.1, -0.05) is 25.0 Å². The molecule has 4 heteroatoms. The fraction of sp³-hybridized carbons (Fsp3) is 0.571. The Bertz CT molecular complexity index is 778. The van der Waals surface area contributed by atoms with Crippen LogP contribution in [0.1, 0.15) is 43.2 Å². The lowest BCUT2D eigenvalue weighted by Gasteiger charge is -2.43. The van der Waals surface area contributed by atoms with Crippen molar-refractivity contribution >= 4 is 16.8 Å². The van der Waals surface area contributed by atoms with Crippen LogP contribution in [0.15, 0.2) is 24.4 Å². The van der Waals surface area contributed by atoms with Gasteiger partial charge in [0.15, 0.2) is 0 Å². The number of rotatable bonds is 3. The number of morpholine rings is 1. The molecule has 1 aromatic carbocycles. The van der Waals surface area contributed by atoms with E-state index in [1.165, 1.54) is 34.9 Å². The Morgan fingerprint density at radius 3 is 3.00 bits per heavy atom. The van der Waals surface area contributed by atoms with Crippen molar-refractivity contribution in [2.75, 3.05) is 13.2 Å². The summed E-state index contributed by atoms with van der Waals surface area (Å²) < 4.78 is 8.08. The zero-order valence-electron chi connectivity index (χ0n) is 15.3. The Hall–Kier alpha value is -1.81. The standard InChI is InChI=1S/C21H28N2O2/c1-15-6-5-8-18-21(15)16(14-22(18)2)10-11-20(24)23-12-13-25-19-9-4-3-7-17(19)23/h5-6,8,14,17,19H,3-4,7,9-13H2,1-2H3/t17-,19+/m0/s1. The highest BCUT2D eigenvalue weighted by atomic mass is 16.5. The van der Waals surface area contributed by atoms with E-state index in [4.69, 9.17) is 4.74 Å². The van der Waals surface area contributed by atoms with Crippen LogP contribution in [0.4, 0.5) is 0 Å². The van der Waals surface area contributed by atoms with Crippen molar-refractivity contribution in [1.82, 2.24) is 9.47 Å². The van der Waals surface area contributed by atoms with Gasteiger partial charge >= 0.3 is 0 Å². The Labute approximate surface area is 149 Å². The third-order valence-corrected chi connectivity index (χ3v) is 5.96. The van der Waals surface area contributed by atoms with Gasteiger partial charge in [0, 0.05) is 37.1 Å². The molecule has 1 saturated heterocycles. The maximum atomic E-state index is 12.9. The highest BCUT2D eigenvalue weighted by Gasteiger charge is 2.36. The third kappa shape index (κ3) is 3.08. The maximum absolute atomic E-state index is 12.9.